The molecular weight excluding hydrogens is 224 g/mol. The number of aromatic nitrogens is 3. The third-order valence-electron chi connectivity index (χ3n) is 2.57. The van der Waals surface area contributed by atoms with Gasteiger partial charge in [-0.15, -0.1) is 0 Å². The van der Waals surface area contributed by atoms with Crippen LogP contribution in [-0.4, -0.2) is 14.6 Å². The van der Waals surface area contributed by atoms with Crippen LogP contribution < -0.4 is 0 Å². The molecule has 0 aliphatic rings. The molecule has 0 saturated heterocycles. The lowest BCUT2D eigenvalue weighted by atomic mass is 9.93. The largest absolute Gasteiger partial charge is 0.280 e. The highest BCUT2D eigenvalue weighted by Gasteiger charge is 2.21. The second-order valence-electron chi connectivity index (χ2n) is 5.17. The third-order valence-corrected chi connectivity index (χ3v) is 2.57. The number of hydrogen-bond acceptors (Lipinski definition) is 2. The molecule has 0 unspecified atom stereocenters. The summed E-state index contributed by atoms with van der Waals surface area (Å²) < 4.78 is 27.0. The Hall–Kier alpha value is -1.52. The van der Waals surface area contributed by atoms with Crippen LogP contribution in [0, 0.1) is 6.92 Å². The van der Waals surface area contributed by atoms with Crippen molar-refractivity contribution in [2.24, 2.45) is 0 Å². The fourth-order valence-corrected chi connectivity index (χ4v) is 1.65. The molecule has 2 heterocycles. The molecule has 0 spiro atoms. The molecule has 0 aliphatic heterocycles. The average Bonchev–Trinajstić information content (AvgIpc) is 2.58. The van der Waals surface area contributed by atoms with Crippen LogP contribution in [0.15, 0.2) is 12.1 Å². The molecule has 0 fully saturated rings. The van der Waals surface area contributed by atoms with Gasteiger partial charge in [-0.3, -0.25) is 0 Å². The van der Waals surface area contributed by atoms with Crippen molar-refractivity contribution in [2.75, 3.05) is 0 Å². The number of hydrogen-bond donors (Lipinski definition) is 0. The predicted molar refractivity (Wildman–Crippen MR) is 61.4 cm³/mol. The Bertz CT molecular complexity index is 553. The van der Waals surface area contributed by atoms with E-state index in [9.17, 15) is 8.78 Å². The Labute approximate surface area is 98.5 Å². The second kappa shape index (κ2) is 3.75. The van der Waals surface area contributed by atoms with E-state index >= 15 is 0 Å². The first kappa shape index (κ1) is 12.0. The number of halogens is 2. The average molecular weight is 239 g/mol. The lowest BCUT2D eigenvalue weighted by Crippen LogP contribution is -2.12. The van der Waals surface area contributed by atoms with Crippen molar-refractivity contribution in [3.63, 3.8) is 0 Å². The van der Waals surface area contributed by atoms with Gasteiger partial charge >= 0.3 is 0 Å². The molecule has 0 bridgehead atoms. The SMILES string of the molecule is Cc1cc(C(F)F)n2nc(C(C)(C)C)cc2n1. The van der Waals surface area contributed by atoms with E-state index in [2.05, 4.69) is 10.1 Å². The highest BCUT2D eigenvalue weighted by atomic mass is 19.3. The van der Waals surface area contributed by atoms with Gasteiger partial charge in [0.15, 0.2) is 5.65 Å². The maximum absolute atomic E-state index is 12.9. The molecule has 2 rings (SSSR count). The zero-order valence-corrected chi connectivity index (χ0v) is 10.3. The van der Waals surface area contributed by atoms with Crippen LogP contribution in [0.2, 0.25) is 0 Å². The smallest absolute Gasteiger partial charge is 0.234 e. The topological polar surface area (TPSA) is 30.2 Å². The van der Waals surface area contributed by atoms with Gasteiger partial charge in [0, 0.05) is 17.2 Å². The van der Waals surface area contributed by atoms with Crippen LogP contribution >= 0.6 is 0 Å². The Morgan fingerprint density at radius 3 is 2.41 bits per heavy atom. The first-order valence-electron chi connectivity index (χ1n) is 5.45. The van der Waals surface area contributed by atoms with Gasteiger partial charge in [-0.2, -0.15) is 5.10 Å². The molecule has 2 aromatic heterocycles. The molecule has 17 heavy (non-hydrogen) atoms. The lowest BCUT2D eigenvalue weighted by molar-refractivity contribution is 0.143. The van der Waals surface area contributed by atoms with E-state index in [0.29, 0.717) is 11.3 Å². The van der Waals surface area contributed by atoms with Gasteiger partial charge < -0.3 is 0 Å². The van der Waals surface area contributed by atoms with Gasteiger partial charge in [0.25, 0.3) is 6.43 Å². The molecule has 0 amide bonds. The standard InChI is InChI=1S/C12H15F2N3/c1-7-5-8(11(13)14)17-10(15-7)6-9(16-17)12(2,3)4/h5-6,11H,1-4H3. The Morgan fingerprint density at radius 1 is 1.24 bits per heavy atom. The van der Waals surface area contributed by atoms with E-state index in [0.717, 1.165) is 5.69 Å². The maximum Gasteiger partial charge on any atom is 0.280 e. The summed E-state index contributed by atoms with van der Waals surface area (Å²) in [6.45, 7) is 7.67. The van der Waals surface area contributed by atoms with E-state index < -0.39 is 6.43 Å². The molecule has 2 aromatic rings. The minimum absolute atomic E-state index is 0.108. The number of rotatable bonds is 1. The number of alkyl halides is 2. The number of aryl methyl sites for hydroxylation is 1. The Kier molecular flexibility index (Phi) is 2.64. The van der Waals surface area contributed by atoms with Gasteiger partial charge in [0.1, 0.15) is 5.69 Å². The fraction of sp³-hybridized carbons (Fsp3) is 0.500. The number of fused-ring (bicyclic) bond motifs is 1. The van der Waals surface area contributed by atoms with Crippen molar-refractivity contribution in [1.29, 1.82) is 0 Å². The molecular formula is C12H15F2N3. The van der Waals surface area contributed by atoms with Gasteiger partial charge in [-0.05, 0) is 13.0 Å². The first-order chi connectivity index (χ1) is 7.79. The third kappa shape index (κ3) is 2.14. The summed E-state index contributed by atoms with van der Waals surface area (Å²) in [5, 5.41) is 4.22. The summed E-state index contributed by atoms with van der Waals surface area (Å²) in [6, 6.07) is 3.13. The minimum atomic E-state index is -2.55. The second-order valence-corrected chi connectivity index (χ2v) is 5.17. The van der Waals surface area contributed by atoms with Gasteiger partial charge in [0.2, 0.25) is 0 Å². The zero-order chi connectivity index (χ0) is 12.8. The summed E-state index contributed by atoms with van der Waals surface area (Å²) in [5.74, 6) is 0. The van der Waals surface area contributed by atoms with E-state index in [1.807, 2.05) is 20.8 Å². The summed E-state index contributed by atoms with van der Waals surface area (Å²) >= 11 is 0. The first-order valence-corrected chi connectivity index (χ1v) is 5.45. The van der Waals surface area contributed by atoms with Crippen LogP contribution in [0.25, 0.3) is 5.65 Å². The molecule has 0 atom stereocenters. The van der Waals surface area contributed by atoms with Crippen molar-refractivity contribution in [1.82, 2.24) is 14.6 Å². The summed E-state index contributed by atoms with van der Waals surface area (Å²) in [5.41, 5.74) is 1.53. The van der Waals surface area contributed by atoms with Crippen molar-refractivity contribution in [3.05, 3.63) is 29.2 Å². The quantitative estimate of drug-likeness (QED) is 0.764. The van der Waals surface area contributed by atoms with E-state index in [4.69, 9.17) is 0 Å². The molecule has 92 valence electrons. The van der Waals surface area contributed by atoms with Gasteiger partial charge in [-0.1, -0.05) is 20.8 Å². The van der Waals surface area contributed by atoms with Crippen LogP contribution in [-0.2, 0) is 5.41 Å². The van der Waals surface area contributed by atoms with E-state index in [1.165, 1.54) is 10.6 Å². The summed E-state index contributed by atoms with van der Waals surface area (Å²) in [4.78, 5) is 4.22. The van der Waals surface area contributed by atoms with Gasteiger partial charge in [-0.25, -0.2) is 18.3 Å². The predicted octanol–water partition coefficient (Wildman–Crippen LogP) is 3.27. The van der Waals surface area contributed by atoms with Crippen LogP contribution in [0.4, 0.5) is 8.78 Å². The summed E-state index contributed by atoms with van der Waals surface area (Å²) in [6.07, 6.45) is -2.55. The number of nitrogens with zero attached hydrogens (tertiary/aromatic N) is 3. The van der Waals surface area contributed by atoms with E-state index in [-0.39, 0.29) is 11.1 Å². The van der Waals surface area contributed by atoms with Crippen molar-refractivity contribution >= 4 is 5.65 Å². The maximum atomic E-state index is 12.9. The monoisotopic (exact) mass is 239 g/mol. The van der Waals surface area contributed by atoms with Crippen molar-refractivity contribution in [3.8, 4) is 0 Å². The molecule has 0 aromatic carbocycles. The molecule has 0 radical (unpaired) electrons. The van der Waals surface area contributed by atoms with Crippen LogP contribution in [0.3, 0.4) is 0 Å². The van der Waals surface area contributed by atoms with Crippen molar-refractivity contribution in [2.45, 2.75) is 39.5 Å². The fourth-order valence-electron chi connectivity index (χ4n) is 1.65. The zero-order valence-electron chi connectivity index (χ0n) is 10.3. The molecule has 0 N–H and O–H groups in total. The van der Waals surface area contributed by atoms with Crippen LogP contribution in [0.5, 0.6) is 0 Å². The van der Waals surface area contributed by atoms with Gasteiger partial charge in [0.05, 0.1) is 5.69 Å². The lowest BCUT2D eigenvalue weighted by Gasteiger charge is -2.13. The van der Waals surface area contributed by atoms with Crippen LogP contribution in [0.1, 0.15) is 44.3 Å². The molecule has 3 nitrogen and oxygen atoms in total. The highest BCUT2D eigenvalue weighted by molar-refractivity contribution is 5.43. The Balaban J connectivity index is 2.72. The molecule has 0 saturated carbocycles. The van der Waals surface area contributed by atoms with E-state index in [1.54, 1.807) is 13.0 Å². The minimum Gasteiger partial charge on any atom is -0.234 e. The summed E-state index contributed by atoms with van der Waals surface area (Å²) in [7, 11) is 0. The molecule has 5 heteroatoms. The highest BCUT2D eigenvalue weighted by Crippen LogP contribution is 2.25. The Morgan fingerprint density at radius 2 is 1.88 bits per heavy atom. The molecule has 0 aliphatic carbocycles. The van der Waals surface area contributed by atoms with Crippen molar-refractivity contribution < 1.29 is 8.78 Å². The normalized spacial score (nSPS) is 12.6.